The van der Waals surface area contributed by atoms with Crippen molar-refractivity contribution < 1.29 is 4.84 Å². The molecule has 0 spiro atoms. The van der Waals surface area contributed by atoms with E-state index in [0.29, 0.717) is 12.1 Å². The standard InChI is InChI=1S/C21H24N2O/c1-23-19-12-13-20(23)15-18(14-19)22-24-21(16-8-4-2-5-9-16)17-10-6-3-7-11-17/h2-11,19-21H,12-15H2,1H3. The minimum atomic E-state index is -0.141. The first kappa shape index (κ1) is 15.4. The number of rotatable bonds is 4. The topological polar surface area (TPSA) is 24.8 Å². The monoisotopic (exact) mass is 320 g/mol. The fraction of sp³-hybridized carbons (Fsp3) is 0.381. The smallest absolute Gasteiger partial charge is 0.177 e. The molecule has 0 N–H and O–H groups in total. The van der Waals surface area contributed by atoms with E-state index >= 15 is 0 Å². The molecule has 2 unspecified atom stereocenters. The first-order chi connectivity index (χ1) is 11.8. The van der Waals surface area contributed by atoms with Crippen LogP contribution in [0.5, 0.6) is 0 Å². The number of oxime groups is 1. The van der Waals surface area contributed by atoms with Crippen LogP contribution in [0, 0.1) is 0 Å². The molecule has 2 heterocycles. The lowest BCUT2D eigenvalue weighted by Crippen LogP contribution is -2.40. The number of benzene rings is 2. The number of hydrogen-bond acceptors (Lipinski definition) is 3. The van der Waals surface area contributed by atoms with Crippen LogP contribution in [-0.2, 0) is 4.84 Å². The normalized spacial score (nSPS) is 23.5. The zero-order valence-electron chi connectivity index (χ0n) is 14.1. The second-order valence-electron chi connectivity index (χ2n) is 6.92. The molecule has 0 amide bonds. The van der Waals surface area contributed by atoms with Crippen molar-refractivity contribution in [2.75, 3.05) is 7.05 Å². The van der Waals surface area contributed by atoms with E-state index in [9.17, 15) is 0 Å². The van der Waals surface area contributed by atoms with Gasteiger partial charge < -0.3 is 4.84 Å². The van der Waals surface area contributed by atoms with Crippen LogP contribution in [-0.4, -0.2) is 29.7 Å². The second-order valence-corrected chi connectivity index (χ2v) is 6.92. The lowest BCUT2D eigenvalue weighted by atomic mass is 10.0. The van der Waals surface area contributed by atoms with E-state index in [1.807, 2.05) is 12.1 Å². The third kappa shape index (κ3) is 3.09. The van der Waals surface area contributed by atoms with Crippen LogP contribution in [0.25, 0.3) is 0 Å². The molecule has 0 aromatic heterocycles. The van der Waals surface area contributed by atoms with Gasteiger partial charge in [0.15, 0.2) is 6.10 Å². The Bertz CT molecular complexity index is 643. The summed E-state index contributed by atoms with van der Waals surface area (Å²) in [5, 5.41) is 4.60. The predicted octanol–water partition coefficient (Wildman–Crippen LogP) is 4.41. The Morgan fingerprint density at radius 2 is 1.38 bits per heavy atom. The van der Waals surface area contributed by atoms with Crippen LogP contribution in [0.4, 0.5) is 0 Å². The molecule has 2 aliphatic rings. The molecule has 3 nitrogen and oxygen atoms in total. The first-order valence-corrected chi connectivity index (χ1v) is 8.84. The first-order valence-electron chi connectivity index (χ1n) is 8.84. The minimum Gasteiger partial charge on any atom is -0.383 e. The van der Waals surface area contributed by atoms with Gasteiger partial charge in [-0.1, -0.05) is 65.8 Å². The summed E-state index contributed by atoms with van der Waals surface area (Å²) in [7, 11) is 2.25. The SMILES string of the molecule is CN1C2CCC1CC(=NOC(c1ccccc1)c1ccccc1)C2. The average Bonchev–Trinajstić information content (AvgIpc) is 2.85. The summed E-state index contributed by atoms with van der Waals surface area (Å²) in [5.41, 5.74) is 3.50. The van der Waals surface area contributed by atoms with Crippen molar-refractivity contribution >= 4 is 5.71 Å². The summed E-state index contributed by atoms with van der Waals surface area (Å²) in [6.45, 7) is 0. The Morgan fingerprint density at radius 1 is 0.875 bits per heavy atom. The van der Waals surface area contributed by atoms with Crippen molar-refractivity contribution in [2.45, 2.75) is 43.9 Å². The molecule has 2 bridgehead atoms. The molecular formula is C21H24N2O. The number of fused-ring (bicyclic) bond motifs is 2. The quantitative estimate of drug-likeness (QED) is 0.780. The molecule has 0 radical (unpaired) electrons. The molecule has 2 fully saturated rings. The molecular weight excluding hydrogens is 296 g/mol. The summed E-state index contributed by atoms with van der Waals surface area (Å²) >= 11 is 0. The highest BCUT2D eigenvalue weighted by molar-refractivity contribution is 5.86. The Labute approximate surface area is 143 Å². The van der Waals surface area contributed by atoms with Crippen molar-refractivity contribution in [1.29, 1.82) is 0 Å². The van der Waals surface area contributed by atoms with E-state index in [0.717, 1.165) is 24.0 Å². The van der Waals surface area contributed by atoms with Crippen molar-refractivity contribution in [3.8, 4) is 0 Å². The van der Waals surface area contributed by atoms with E-state index in [4.69, 9.17) is 4.84 Å². The summed E-state index contributed by atoms with van der Waals surface area (Å²) < 4.78 is 0. The fourth-order valence-electron chi connectivity index (χ4n) is 3.98. The van der Waals surface area contributed by atoms with Crippen molar-refractivity contribution in [2.24, 2.45) is 5.16 Å². The zero-order valence-corrected chi connectivity index (χ0v) is 14.1. The van der Waals surface area contributed by atoms with Gasteiger partial charge in [-0.15, -0.1) is 0 Å². The Balaban J connectivity index is 1.56. The van der Waals surface area contributed by atoms with Crippen LogP contribution in [0.1, 0.15) is 42.9 Å². The molecule has 2 aromatic carbocycles. The van der Waals surface area contributed by atoms with Gasteiger partial charge in [-0.25, -0.2) is 0 Å². The summed E-state index contributed by atoms with van der Waals surface area (Å²) in [6.07, 6.45) is 4.53. The molecule has 124 valence electrons. The summed E-state index contributed by atoms with van der Waals surface area (Å²) in [5.74, 6) is 0. The maximum Gasteiger partial charge on any atom is 0.177 e. The largest absolute Gasteiger partial charge is 0.383 e. The van der Waals surface area contributed by atoms with E-state index in [1.54, 1.807) is 0 Å². The van der Waals surface area contributed by atoms with E-state index in [2.05, 4.69) is 65.6 Å². The van der Waals surface area contributed by atoms with Crippen LogP contribution < -0.4 is 0 Å². The lowest BCUT2D eigenvalue weighted by molar-refractivity contribution is 0.0839. The van der Waals surface area contributed by atoms with Gasteiger partial charge in [0.05, 0.1) is 5.71 Å². The van der Waals surface area contributed by atoms with Gasteiger partial charge >= 0.3 is 0 Å². The molecule has 2 saturated heterocycles. The van der Waals surface area contributed by atoms with Crippen LogP contribution in [0.3, 0.4) is 0 Å². The molecule has 24 heavy (non-hydrogen) atoms. The average molecular weight is 320 g/mol. The van der Waals surface area contributed by atoms with Crippen LogP contribution in [0.2, 0.25) is 0 Å². The molecule has 0 saturated carbocycles. The minimum absolute atomic E-state index is 0.141. The maximum absolute atomic E-state index is 6.08. The molecule has 2 atom stereocenters. The maximum atomic E-state index is 6.08. The van der Waals surface area contributed by atoms with Crippen molar-refractivity contribution in [1.82, 2.24) is 4.90 Å². The predicted molar refractivity (Wildman–Crippen MR) is 97.1 cm³/mol. The van der Waals surface area contributed by atoms with Gasteiger partial charge in [-0.05, 0) is 31.0 Å². The second kappa shape index (κ2) is 6.78. The lowest BCUT2D eigenvalue weighted by Gasteiger charge is -2.31. The third-order valence-electron chi connectivity index (χ3n) is 5.42. The fourth-order valence-corrected chi connectivity index (χ4v) is 3.98. The van der Waals surface area contributed by atoms with Crippen molar-refractivity contribution in [3.63, 3.8) is 0 Å². The van der Waals surface area contributed by atoms with Gasteiger partial charge in [-0.2, -0.15) is 0 Å². The van der Waals surface area contributed by atoms with Crippen LogP contribution in [0.15, 0.2) is 65.8 Å². The van der Waals surface area contributed by atoms with E-state index < -0.39 is 0 Å². The number of hydrogen-bond donors (Lipinski definition) is 0. The van der Waals surface area contributed by atoms with Gasteiger partial charge in [0.1, 0.15) is 0 Å². The van der Waals surface area contributed by atoms with E-state index in [1.165, 1.54) is 18.6 Å². The molecule has 4 rings (SSSR count). The van der Waals surface area contributed by atoms with Gasteiger partial charge in [-0.3, -0.25) is 4.90 Å². The third-order valence-corrected chi connectivity index (χ3v) is 5.42. The molecule has 3 heteroatoms. The van der Waals surface area contributed by atoms with Gasteiger partial charge in [0.2, 0.25) is 0 Å². The molecule has 0 aliphatic carbocycles. The van der Waals surface area contributed by atoms with Crippen LogP contribution >= 0.6 is 0 Å². The summed E-state index contributed by atoms with van der Waals surface area (Å²) in [6, 6.07) is 22.0. The van der Waals surface area contributed by atoms with Gasteiger partial charge in [0, 0.05) is 24.9 Å². The highest BCUT2D eigenvalue weighted by Gasteiger charge is 2.37. The molecule has 2 aromatic rings. The van der Waals surface area contributed by atoms with Gasteiger partial charge in [0.25, 0.3) is 0 Å². The van der Waals surface area contributed by atoms with Crippen molar-refractivity contribution in [3.05, 3.63) is 71.8 Å². The Kier molecular flexibility index (Phi) is 4.35. The summed E-state index contributed by atoms with van der Waals surface area (Å²) in [4.78, 5) is 8.60. The molecule has 2 aliphatic heterocycles. The number of piperidine rings is 1. The Morgan fingerprint density at radius 3 is 1.88 bits per heavy atom. The Hall–Kier alpha value is -2.13. The zero-order chi connectivity index (χ0) is 16.4. The highest BCUT2D eigenvalue weighted by atomic mass is 16.6. The number of nitrogens with zero attached hydrogens (tertiary/aromatic N) is 2. The van der Waals surface area contributed by atoms with E-state index in [-0.39, 0.29) is 6.10 Å². The highest BCUT2D eigenvalue weighted by Crippen LogP contribution is 2.33.